The third-order valence-electron chi connectivity index (χ3n) is 3.56. The number of hydrogen-bond donors (Lipinski definition) is 1. The van der Waals surface area contributed by atoms with Gasteiger partial charge < -0.3 is 5.73 Å². The number of benzene rings is 1. The van der Waals surface area contributed by atoms with E-state index in [4.69, 9.17) is 5.73 Å². The van der Waals surface area contributed by atoms with Crippen LogP contribution in [0, 0.1) is 17.0 Å². The molecule has 0 saturated heterocycles. The van der Waals surface area contributed by atoms with Gasteiger partial charge in [-0.25, -0.2) is 4.68 Å². The van der Waals surface area contributed by atoms with E-state index < -0.39 is 0 Å². The van der Waals surface area contributed by atoms with Crippen LogP contribution in [0.15, 0.2) is 16.6 Å². The first-order chi connectivity index (χ1) is 9.49. The standard InChI is InChI=1S/C13H13BrN4O2/c1-7-5-9(14)12(11(6-7)18(19)20)17-10-4-2-3-8(10)13(15)16-17/h5-6H,2-4H2,1H3,(H2,15,16). The fourth-order valence-corrected chi connectivity index (χ4v) is 3.45. The Hall–Kier alpha value is -1.89. The lowest BCUT2D eigenvalue weighted by atomic mass is 10.2. The van der Waals surface area contributed by atoms with Gasteiger partial charge in [0, 0.05) is 17.3 Å². The highest BCUT2D eigenvalue weighted by molar-refractivity contribution is 9.10. The molecule has 0 amide bonds. The Balaban J connectivity index is 2.30. The maximum Gasteiger partial charge on any atom is 0.296 e. The molecule has 1 heterocycles. The Morgan fingerprint density at radius 1 is 1.45 bits per heavy atom. The lowest BCUT2D eigenvalue weighted by molar-refractivity contribution is -0.384. The molecule has 0 aliphatic heterocycles. The van der Waals surface area contributed by atoms with E-state index in [0.717, 1.165) is 36.1 Å². The van der Waals surface area contributed by atoms with Gasteiger partial charge in [0.1, 0.15) is 5.82 Å². The van der Waals surface area contributed by atoms with E-state index in [-0.39, 0.29) is 10.6 Å². The van der Waals surface area contributed by atoms with Crippen molar-refractivity contribution >= 4 is 27.4 Å². The molecule has 104 valence electrons. The van der Waals surface area contributed by atoms with E-state index in [9.17, 15) is 10.1 Å². The van der Waals surface area contributed by atoms with Gasteiger partial charge in [-0.2, -0.15) is 0 Å². The van der Waals surface area contributed by atoms with Gasteiger partial charge in [-0.3, -0.25) is 10.1 Å². The molecule has 0 bridgehead atoms. The third-order valence-corrected chi connectivity index (χ3v) is 4.16. The van der Waals surface area contributed by atoms with Crippen LogP contribution >= 0.6 is 15.9 Å². The molecule has 1 aromatic carbocycles. The molecule has 20 heavy (non-hydrogen) atoms. The second-order valence-electron chi connectivity index (χ2n) is 4.95. The third kappa shape index (κ3) is 1.89. The minimum Gasteiger partial charge on any atom is -0.382 e. The average Bonchev–Trinajstić information content (AvgIpc) is 2.93. The summed E-state index contributed by atoms with van der Waals surface area (Å²) >= 11 is 3.41. The number of fused-ring (bicyclic) bond motifs is 1. The molecule has 7 heteroatoms. The van der Waals surface area contributed by atoms with Crippen molar-refractivity contribution in [1.82, 2.24) is 9.78 Å². The van der Waals surface area contributed by atoms with Crippen LogP contribution < -0.4 is 5.73 Å². The van der Waals surface area contributed by atoms with Gasteiger partial charge >= 0.3 is 0 Å². The molecule has 0 radical (unpaired) electrons. The number of aromatic nitrogens is 2. The summed E-state index contributed by atoms with van der Waals surface area (Å²) in [6.45, 7) is 1.82. The topological polar surface area (TPSA) is 87.0 Å². The minimum absolute atomic E-state index is 0.0362. The summed E-state index contributed by atoms with van der Waals surface area (Å²) < 4.78 is 2.28. The maximum atomic E-state index is 11.3. The monoisotopic (exact) mass is 336 g/mol. The largest absolute Gasteiger partial charge is 0.382 e. The molecular formula is C13H13BrN4O2. The summed E-state index contributed by atoms with van der Waals surface area (Å²) in [5.41, 5.74) is 9.23. The van der Waals surface area contributed by atoms with Gasteiger partial charge in [0.15, 0.2) is 5.69 Å². The zero-order valence-corrected chi connectivity index (χ0v) is 12.5. The number of rotatable bonds is 2. The summed E-state index contributed by atoms with van der Waals surface area (Å²) in [4.78, 5) is 10.9. The van der Waals surface area contributed by atoms with Crippen molar-refractivity contribution in [3.05, 3.63) is 43.5 Å². The molecule has 2 aromatic rings. The van der Waals surface area contributed by atoms with E-state index in [1.165, 1.54) is 0 Å². The lowest BCUT2D eigenvalue weighted by Gasteiger charge is -2.09. The molecule has 6 nitrogen and oxygen atoms in total. The van der Waals surface area contributed by atoms with E-state index in [2.05, 4.69) is 21.0 Å². The van der Waals surface area contributed by atoms with Crippen molar-refractivity contribution in [2.24, 2.45) is 0 Å². The van der Waals surface area contributed by atoms with Crippen LogP contribution in [0.1, 0.15) is 23.2 Å². The number of nitrogens with two attached hydrogens (primary N) is 1. The molecule has 0 fully saturated rings. The molecular weight excluding hydrogens is 324 g/mol. The quantitative estimate of drug-likeness (QED) is 0.674. The number of nitro benzene ring substituents is 1. The van der Waals surface area contributed by atoms with E-state index in [0.29, 0.717) is 16.0 Å². The number of anilines is 1. The van der Waals surface area contributed by atoms with Crippen LogP contribution in [0.5, 0.6) is 0 Å². The highest BCUT2D eigenvalue weighted by Crippen LogP contribution is 2.36. The van der Waals surface area contributed by atoms with Crippen LogP contribution in [0.2, 0.25) is 0 Å². The highest BCUT2D eigenvalue weighted by Gasteiger charge is 2.27. The summed E-state index contributed by atoms with van der Waals surface area (Å²) in [7, 11) is 0. The van der Waals surface area contributed by atoms with Crippen molar-refractivity contribution in [2.45, 2.75) is 26.2 Å². The smallest absolute Gasteiger partial charge is 0.296 e. The molecule has 3 rings (SSSR count). The molecule has 1 aliphatic rings. The fraction of sp³-hybridized carbons (Fsp3) is 0.308. The van der Waals surface area contributed by atoms with Gasteiger partial charge in [-0.1, -0.05) is 0 Å². The van der Waals surface area contributed by atoms with Crippen molar-refractivity contribution in [3.63, 3.8) is 0 Å². The van der Waals surface area contributed by atoms with Crippen molar-refractivity contribution in [1.29, 1.82) is 0 Å². The van der Waals surface area contributed by atoms with E-state index in [1.807, 2.05) is 13.0 Å². The molecule has 1 aliphatic carbocycles. The fourth-order valence-electron chi connectivity index (χ4n) is 2.72. The lowest BCUT2D eigenvalue weighted by Crippen LogP contribution is -2.07. The van der Waals surface area contributed by atoms with Crippen LogP contribution in [0.25, 0.3) is 5.69 Å². The minimum atomic E-state index is -0.383. The van der Waals surface area contributed by atoms with Gasteiger partial charge in [-0.15, -0.1) is 5.10 Å². The Labute approximate surface area is 123 Å². The van der Waals surface area contributed by atoms with Crippen molar-refractivity contribution in [3.8, 4) is 5.69 Å². The zero-order chi connectivity index (χ0) is 14.4. The predicted molar refractivity (Wildman–Crippen MR) is 79.1 cm³/mol. The first-order valence-corrected chi connectivity index (χ1v) is 7.09. The normalized spacial score (nSPS) is 13.5. The summed E-state index contributed by atoms with van der Waals surface area (Å²) in [5.74, 6) is 0.472. The van der Waals surface area contributed by atoms with Crippen LogP contribution in [0.4, 0.5) is 11.5 Å². The van der Waals surface area contributed by atoms with Crippen LogP contribution in [-0.2, 0) is 12.8 Å². The van der Waals surface area contributed by atoms with Crippen LogP contribution in [-0.4, -0.2) is 14.7 Å². The van der Waals surface area contributed by atoms with Crippen LogP contribution in [0.3, 0.4) is 0 Å². The second-order valence-corrected chi connectivity index (χ2v) is 5.80. The first kappa shape index (κ1) is 13.1. The Bertz CT molecular complexity index is 724. The highest BCUT2D eigenvalue weighted by atomic mass is 79.9. The molecule has 1 aromatic heterocycles. The van der Waals surface area contributed by atoms with Crippen molar-refractivity contribution < 1.29 is 4.92 Å². The van der Waals surface area contributed by atoms with E-state index >= 15 is 0 Å². The zero-order valence-electron chi connectivity index (χ0n) is 10.9. The summed E-state index contributed by atoms with van der Waals surface area (Å²) in [5, 5.41) is 15.6. The number of hydrogen-bond acceptors (Lipinski definition) is 4. The maximum absolute atomic E-state index is 11.3. The Kier molecular flexibility index (Phi) is 3.01. The SMILES string of the molecule is Cc1cc(Br)c(-n2nc(N)c3c2CCC3)c([N+](=O)[O-])c1. The molecule has 0 spiro atoms. The van der Waals surface area contributed by atoms with Gasteiger partial charge in [0.05, 0.1) is 9.40 Å². The van der Waals surface area contributed by atoms with Gasteiger partial charge in [0.25, 0.3) is 5.69 Å². The number of nitrogens with zero attached hydrogens (tertiary/aromatic N) is 3. The first-order valence-electron chi connectivity index (χ1n) is 6.30. The van der Waals surface area contributed by atoms with Gasteiger partial charge in [0.2, 0.25) is 0 Å². The molecule has 2 N–H and O–H groups in total. The molecule has 0 unspecified atom stereocenters. The Morgan fingerprint density at radius 2 is 2.20 bits per heavy atom. The summed E-state index contributed by atoms with van der Waals surface area (Å²) in [6.07, 6.45) is 2.74. The number of nitro groups is 1. The Morgan fingerprint density at radius 3 is 2.90 bits per heavy atom. The van der Waals surface area contributed by atoms with Gasteiger partial charge in [-0.05, 0) is 53.7 Å². The number of nitrogen functional groups attached to an aromatic ring is 1. The average molecular weight is 337 g/mol. The molecule has 0 atom stereocenters. The molecule has 0 saturated carbocycles. The second kappa shape index (κ2) is 4.59. The van der Waals surface area contributed by atoms with Crippen molar-refractivity contribution in [2.75, 3.05) is 5.73 Å². The number of aryl methyl sites for hydroxylation is 1. The van der Waals surface area contributed by atoms with E-state index in [1.54, 1.807) is 10.7 Å². The summed E-state index contributed by atoms with van der Waals surface area (Å²) in [6, 6.07) is 3.40. The number of halogens is 1. The predicted octanol–water partition coefficient (Wildman–Crippen LogP) is 2.92.